The number of carbonyl (C=O) groups excluding carboxylic acids is 1. The highest BCUT2D eigenvalue weighted by Crippen LogP contribution is 2.37. The van der Waals surface area contributed by atoms with Crippen LogP contribution in [0, 0.1) is 10.1 Å². The standard InChI is InChI=1S/C19H29N3O6/c1-12-10-21(18(24)28-19(3,4)5)13(2)9-20(12)11-14-7-15(22(25)26)17(23)16(8-14)27-6/h7-8,12-13,23H,9-11H2,1-6H3. The Labute approximate surface area is 165 Å². The Morgan fingerprint density at radius 1 is 1.29 bits per heavy atom. The Bertz CT molecular complexity index is 746. The number of phenols is 1. The monoisotopic (exact) mass is 395 g/mol. The molecule has 9 heteroatoms. The van der Waals surface area contributed by atoms with Gasteiger partial charge in [0.05, 0.1) is 12.0 Å². The summed E-state index contributed by atoms with van der Waals surface area (Å²) in [5.74, 6) is -0.412. The lowest BCUT2D eigenvalue weighted by Crippen LogP contribution is -2.58. The number of amides is 1. The predicted molar refractivity (Wildman–Crippen MR) is 104 cm³/mol. The Hall–Kier alpha value is -2.55. The van der Waals surface area contributed by atoms with Gasteiger partial charge in [-0.2, -0.15) is 0 Å². The minimum Gasteiger partial charge on any atom is -0.500 e. The van der Waals surface area contributed by atoms with Gasteiger partial charge in [-0.1, -0.05) is 0 Å². The van der Waals surface area contributed by atoms with Crippen LogP contribution in [0.5, 0.6) is 11.5 Å². The number of hydrogen-bond donors (Lipinski definition) is 1. The molecule has 28 heavy (non-hydrogen) atoms. The Kier molecular flexibility index (Phi) is 6.38. The second kappa shape index (κ2) is 8.22. The van der Waals surface area contributed by atoms with Gasteiger partial charge in [0.25, 0.3) is 0 Å². The van der Waals surface area contributed by atoms with Crippen molar-refractivity contribution < 1.29 is 24.3 Å². The molecule has 0 radical (unpaired) electrons. The third-order valence-corrected chi connectivity index (χ3v) is 4.66. The van der Waals surface area contributed by atoms with E-state index < -0.39 is 16.3 Å². The third-order valence-electron chi connectivity index (χ3n) is 4.66. The first-order chi connectivity index (χ1) is 12.9. The fraction of sp³-hybridized carbons (Fsp3) is 0.632. The van der Waals surface area contributed by atoms with Gasteiger partial charge in [0.2, 0.25) is 5.75 Å². The van der Waals surface area contributed by atoms with E-state index in [-0.39, 0.29) is 29.6 Å². The SMILES string of the molecule is COc1cc(CN2CC(C)N(C(=O)OC(C)(C)C)CC2C)cc([N+](=O)[O-])c1O. The van der Waals surface area contributed by atoms with Gasteiger partial charge in [0.1, 0.15) is 5.60 Å². The van der Waals surface area contributed by atoms with Crippen LogP contribution in [0.25, 0.3) is 0 Å². The van der Waals surface area contributed by atoms with Crippen LogP contribution < -0.4 is 4.74 Å². The van der Waals surface area contributed by atoms with Gasteiger partial charge in [-0.25, -0.2) is 4.79 Å². The molecule has 1 heterocycles. The van der Waals surface area contributed by atoms with E-state index in [2.05, 4.69) is 4.90 Å². The molecule has 0 saturated carbocycles. The van der Waals surface area contributed by atoms with Crippen molar-refractivity contribution in [2.75, 3.05) is 20.2 Å². The zero-order valence-electron chi connectivity index (χ0n) is 17.3. The Balaban J connectivity index is 2.16. The summed E-state index contributed by atoms with van der Waals surface area (Å²) in [6, 6.07) is 2.91. The van der Waals surface area contributed by atoms with Crippen LogP contribution in [-0.2, 0) is 11.3 Å². The summed E-state index contributed by atoms with van der Waals surface area (Å²) in [6.07, 6.45) is -0.339. The smallest absolute Gasteiger partial charge is 0.410 e. The molecule has 1 saturated heterocycles. The molecule has 1 amide bonds. The normalized spacial score (nSPS) is 20.7. The van der Waals surface area contributed by atoms with Crippen molar-refractivity contribution in [2.24, 2.45) is 0 Å². The summed E-state index contributed by atoms with van der Waals surface area (Å²) >= 11 is 0. The number of nitrogens with zero attached hydrogens (tertiary/aromatic N) is 3. The fourth-order valence-electron chi connectivity index (χ4n) is 3.26. The number of carbonyl (C=O) groups is 1. The van der Waals surface area contributed by atoms with Crippen LogP contribution >= 0.6 is 0 Å². The van der Waals surface area contributed by atoms with Crippen LogP contribution in [0.3, 0.4) is 0 Å². The molecule has 2 atom stereocenters. The van der Waals surface area contributed by atoms with Gasteiger partial charge in [-0.05, 0) is 46.2 Å². The molecule has 1 aliphatic rings. The first kappa shape index (κ1) is 21.7. The molecule has 0 aromatic heterocycles. The lowest BCUT2D eigenvalue weighted by atomic mass is 10.1. The van der Waals surface area contributed by atoms with Crippen LogP contribution in [0.2, 0.25) is 0 Å². The molecule has 1 aromatic carbocycles. The minimum atomic E-state index is -0.631. The van der Waals surface area contributed by atoms with Crippen LogP contribution in [0.1, 0.15) is 40.2 Å². The second-order valence-corrected chi connectivity index (χ2v) is 8.18. The molecule has 9 nitrogen and oxygen atoms in total. The zero-order valence-corrected chi connectivity index (χ0v) is 17.3. The number of methoxy groups -OCH3 is 1. The first-order valence-electron chi connectivity index (χ1n) is 9.21. The van der Waals surface area contributed by atoms with Crippen molar-refractivity contribution >= 4 is 11.8 Å². The quantitative estimate of drug-likeness (QED) is 0.617. The van der Waals surface area contributed by atoms with E-state index in [1.165, 1.54) is 13.2 Å². The molecule has 2 rings (SSSR count). The summed E-state index contributed by atoms with van der Waals surface area (Å²) in [5.41, 5.74) is -0.285. The third kappa shape index (κ3) is 5.03. The van der Waals surface area contributed by atoms with Crippen molar-refractivity contribution in [3.8, 4) is 11.5 Å². The number of benzene rings is 1. The largest absolute Gasteiger partial charge is 0.500 e. The maximum absolute atomic E-state index is 12.4. The van der Waals surface area contributed by atoms with E-state index in [1.807, 2.05) is 34.6 Å². The van der Waals surface area contributed by atoms with Gasteiger partial charge in [0.15, 0.2) is 5.75 Å². The number of phenolic OH excluding ortho intramolecular Hbond substituents is 1. The molecule has 2 unspecified atom stereocenters. The van der Waals surface area contributed by atoms with E-state index >= 15 is 0 Å². The van der Waals surface area contributed by atoms with E-state index in [1.54, 1.807) is 11.0 Å². The zero-order chi connectivity index (χ0) is 21.2. The highest BCUT2D eigenvalue weighted by molar-refractivity contribution is 5.68. The maximum Gasteiger partial charge on any atom is 0.410 e. The summed E-state index contributed by atoms with van der Waals surface area (Å²) in [4.78, 5) is 26.9. The van der Waals surface area contributed by atoms with Crippen molar-refractivity contribution in [3.05, 3.63) is 27.8 Å². The van der Waals surface area contributed by atoms with Crippen LogP contribution in [0.15, 0.2) is 12.1 Å². The number of aromatic hydroxyl groups is 1. The summed E-state index contributed by atoms with van der Waals surface area (Å²) < 4.78 is 10.6. The lowest BCUT2D eigenvalue weighted by molar-refractivity contribution is -0.386. The summed E-state index contributed by atoms with van der Waals surface area (Å²) in [7, 11) is 1.35. The number of piperazine rings is 1. The number of rotatable bonds is 4. The molecule has 0 spiro atoms. The van der Waals surface area contributed by atoms with Gasteiger partial charge < -0.3 is 19.5 Å². The topological polar surface area (TPSA) is 105 Å². The predicted octanol–water partition coefficient (Wildman–Crippen LogP) is 3.14. The molecule has 1 aliphatic heterocycles. The Morgan fingerprint density at radius 3 is 2.46 bits per heavy atom. The van der Waals surface area contributed by atoms with Crippen LogP contribution in [0.4, 0.5) is 10.5 Å². The van der Waals surface area contributed by atoms with E-state index in [0.717, 1.165) is 0 Å². The van der Waals surface area contributed by atoms with Gasteiger partial charge in [-0.15, -0.1) is 0 Å². The molecular weight excluding hydrogens is 366 g/mol. The number of nitro benzene ring substituents is 1. The molecule has 0 bridgehead atoms. The highest BCUT2D eigenvalue weighted by Gasteiger charge is 2.34. The molecular formula is C19H29N3O6. The number of ether oxygens (including phenoxy) is 2. The van der Waals surface area contributed by atoms with Crippen LogP contribution in [-0.4, -0.2) is 63.8 Å². The van der Waals surface area contributed by atoms with Gasteiger partial charge in [0, 0.05) is 37.8 Å². The van der Waals surface area contributed by atoms with E-state index in [0.29, 0.717) is 25.2 Å². The number of hydrogen-bond acceptors (Lipinski definition) is 7. The van der Waals surface area contributed by atoms with Crippen molar-refractivity contribution in [1.29, 1.82) is 0 Å². The Morgan fingerprint density at radius 2 is 1.93 bits per heavy atom. The number of nitro groups is 1. The average molecular weight is 395 g/mol. The molecule has 156 valence electrons. The maximum atomic E-state index is 12.4. The molecule has 1 N–H and O–H groups in total. The molecule has 1 fully saturated rings. The van der Waals surface area contributed by atoms with E-state index in [9.17, 15) is 20.0 Å². The highest BCUT2D eigenvalue weighted by atomic mass is 16.6. The van der Waals surface area contributed by atoms with Gasteiger partial charge >= 0.3 is 11.8 Å². The second-order valence-electron chi connectivity index (χ2n) is 8.18. The van der Waals surface area contributed by atoms with E-state index in [4.69, 9.17) is 9.47 Å². The summed E-state index contributed by atoms with van der Waals surface area (Å²) in [5, 5.41) is 21.1. The van der Waals surface area contributed by atoms with Crippen molar-refractivity contribution in [3.63, 3.8) is 0 Å². The average Bonchev–Trinajstić information content (AvgIpc) is 2.57. The summed E-state index contributed by atoms with van der Waals surface area (Å²) in [6.45, 7) is 11.0. The lowest BCUT2D eigenvalue weighted by Gasteiger charge is -2.44. The molecule has 0 aliphatic carbocycles. The van der Waals surface area contributed by atoms with Crippen molar-refractivity contribution in [1.82, 2.24) is 9.80 Å². The minimum absolute atomic E-state index is 0.0302. The van der Waals surface area contributed by atoms with Crippen molar-refractivity contribution in [2.45, 2.75) is 58.8 Å². The molecule has 1 aromatic rings. The first-order valence-corrected chi connectivity index (χ1v) is 9.21. The van der Waals surface area contributed by atoms with Gasteiger partial charge in [-0.3, -0.25) is 15.0 Å². The fourth-order valence-corrected chi connectivity index (χ4v) is 3.26.